The van der Waals surface area contributed by atoms with E-state index in [1.165, 1.54) is 26.2 Å². The van der Waals surface area contributed by atoms with Crippen LogP contribution in [0.15, 0.2) is 51.8 Å². The first-order chi connectivity index (χ1) is 17.9. The summed E-state index contributed by atoms with van der Waals surface area (Å²) in [6.45, 7) is 4.84. The fraction of sp³-hybridized carbons (Fsp3) is 0.259. The van der Waals surface area contributed by atoms with Crippen LogP contribution in [0.1, 0.15) is 34.5 Å². The molecule has 1 aliphatic rings. The Morgan fingerprint density at radius 2 is 2.08 bits per heavy atom. The monoisotopic (exact) mass is 504 g/mol. The van der Waals surface area contributed by atoms with Crippen LogP contribution in [-0.4, -0.2) is 42.6 Å². The van der Waals surface area contributed by atoms with E-state index in [-0.39, 0.29) is 17.3 Å². The molecule has 3 heterocycles. The van der Waals surface area contributed by atoms with Crippen molar-refractivity contribution >= 4 is 28.4 Å². The second-order valence-corrected chi connectivity index (χ2v) is 8.70. The molecular weight excluding hydrogens is 479 g/mol. The Morgan fingerprint density at radius 3 is 2.81 bits per heavy atom. The van der Waals surface area contributed by atoms with E-state index in [4.69, 9.17) is 13.9 Å². The number of methoxy groups -OCH3 is 1. The smallest absolute Gasteiger partial charge is 0.347 e. The molecule has 2 aromatic carbocycles. The van der Waals surface area contributed by atoms with E-state index in [0.29, 0.717) is 58.9 Å². The summed E-state index contributed by atoms with van der Waals surface area (Å²) in [6.07, 6.45) is 1.20. The number of ketones is 1. The molecule has 1 fully saturated rings. The van der Waals surface area contributed by atoms with Crippen molar-refractivity contribution in [2.45, 2.75) is 20.0 Å². The van der Waals surface area contributed by atoms with Crippen LogP contribution in [0.3, 0.4) is 0 Å². The van der Waals surface area contributed by atoms with Gasteiger partial charge in [0.25, 0.3) is 0 Å². The highest BCUT2D eigenvalue weighted by molar-refractivity contribution is 6.00. The lowest BCUT2D eigenvalue weighted by Gasteiger charge is -2.26. The van der Waals surface area contributed by atoms with Gasteiger partial charge in [0.1, 0.15) is 22.7 Å². The molecule has 0 radical (unpaired) electrons. The number of morpholine rings is 1. The largest absolute Gasteiger partial charge is 0.496 e. The number of nitrogens with zero attached hydrogens (tertiary/aromatic N) is 2. The van der Waals surface area contributed by atoms with Gasteiger partial charge in [-0.15, -0.1) is 0 Å². The van der Waals surface area contributed by atoms with Crippen LogP contribution in [0.4, 0.5) is 16.0 Å². The predicted molar refractivity (Wildman–Crippen MR) is 136 cm³/mol. The SMILES string of the molecule is COc1cc(F)ccc1-c1nc(Nc2ccc3c(C4CNCCO4)c(C(C)=O)c(=O)oc3c2)ncc1C. The lowest BCUT2D eigenvalue weighted by molar-refractivity contribution is 0.0277. The Balaban J connectivity index is 1.54. The summed E-state index contributed by atoms with van der Waals surface area (Å²) >= 11 is 0. The number of anilines is 2. The maximum absolute atomic E-state index is 13.7. The molecule has 5 rings (SSSR count). The number of carbonyl (C=O) groups excluding carboxylic acids is 1. The summed E-state index contributed by atoms with van der Waals surface area (Å²) < 4.78 is 30.4. The lowest BCUT2D eigenvalue weighted by atomic mass is 9.96. The number of benzene rings is 2. The maximum atomic E-state index is 13.7. The molecule has 1 atom stereocenters. The van der Waals surface area contributed by atoms with Gasteiger partial charge < -0.3 is 24.5 Å². The van der Waals surface area contributed by atoms with Crippen LogP contribution in [-0.2, 0) is 4.74 Å². The highest BCUT2D eigenvalue weighted by atomic mass is 19.1. The summed E-state index contributed by atoms with van der Waals surface area (Å²) in [4.78, 5) is 34.1. The van der Waals surface area contributed by atoms with Crippen molar-refractivity contribution in [1.29, 1.82) is 0 Å². The van der Waals surface area contributed by atoms with E-state index in [9.17, 15) is 14.0 Å². The predicted octanol–water partition coefficient (Wildman–Crippen LogP) is 4.31. The van der Waals surface area contributed by atoms with Gasteiger partial charge in [-0.1, -0.05) is 0 Å². The minimum atomic E-state index is -0.710. The number of hydrogen-bond acceptors (Lipinski definition) is 9. The molecule has 9 nitrogen and oxygen atoms in total. The van der Waals surface area contributed by atoms with Crippen molar-refractivity contribution in [1.82, 2.24) is 15.3 Å². The first-order valence-electron chi connectivity index (χ1n) is 11.7. The number of aryl methyl sites for hydroxylation is 1. The Kier molecular flexibility index (Phi) is 6.68. The van der Waals surface area contributed by atoms with Gasteiger partial charge in [-0.05, 0) is 43.7 Å². The normalized spacial score (nSPS) is 15.5. The van der Waals surface area contributed by atoms with Crippen LogP contribution in [0.2, 0.25) is 0 Å². The summed E-state index contributed by atoms with van der Waals surface area (Å²) in [7, 11) is 1.47. The highest BCUT2D eigenvalue weighted by Gasteiger charge is 2.27. The van der Waals surface area contributed by atoms with Gasteiger partial charge in [-0.2, -0.15) is 0 Å². The Morgan fingerprint density at radius 1 is 1.24 bits per heavy atom. The number of ether oxygens (including phenoxy) is 2. The summed E-state index contributed by atoms with van der Waals surface area (Å²) in [5.41, 5.74) is 2.67. The summed E-state index contributed by atoms with van der Waals surface area (Å²) in [6, 6.07) is 9.46. The standard InChI is InChI=1S/C27H25FN4O5/c1-14-12-30-27(32-25(14)19-6-4-16(28)10-20(19)35-3)31-17-5-7-18-21(11-17)37-26(34)23(15(2)33)24(18)22-13-29-8-9-36-22/h4-7,10-12,22,29H,8-9,13H2,1-3H3,(H,30,31,32). The molecule has 1 saturated heterocycles. The van der Waals surface area contributed by atoms with Crippen molar-refractivity contribution < 1.29 is 23.1 Å². The van der Waals surface area contributed by atoms with Crippen molar-refractivity contribution in [3.05, 3.63) is 75.5 Å². The molecule has 10 heteroatoms. The number of nitrogens with one attached hydrogen (secondary N) is 2. The Bertz CT molecular complexity index is 1560. The minimum Gasteiger partial charge on any atom is -0.496 e. The van der Waals surface area contributed by atoms with Gasteiger partial charge >= 0.3 is 5.63 Å². The fourth-order valence-electron chi connectivity index (χ4n) is 4.49. The first kappa shape index (κ1) is 24.5. The number of carbonyl (C=O) groups is 1. The number of rotatable bonds is 6. The molecule has 0 bridgehead atoms. The molecule has 2 aromatic heterocycles. The zero-order valence-electron chi connectivity index (χ0n) is 20.6. The fourth-order valence-corrected chi connectivity index (χ4v) is 4.49. The molecule has 1 unspecified atom stereocenters. The second-order valence-electron chi connectivity index (χ2n) is 8.70. The zero-order valence-corrected chi connectivity index (χ0v) is 20.6. The number of halogens is 1. The molecule has 0 spiro atoms. The number of hydrogen-bond donors (Lipinski definition) is 2. The molecule has 0 aliphatic carbocycles. The van der Waals surface area contributed by atoms with E-state index in [1.807, 2.05) is 6.92 Å². The Hall–Kier alpha value is -4.15. The van der Waals surface area contributed by atoms with E-state index >= 15 is 0 Å². The van der Waals surface area contributed by atoms with Gasteiger partial charge in [0.2, 0.25) is 5.95 Å². The molecule has 2 N–H and O–H groups in total. The molecular formula is C27H25FN4O5. The highest BCUT2D eigenvalue weighted by Crippen LogP contribution is 2.34. The quantitative estimate of drug-likeness (QED) is 0.293. The summed E-state index contributed by atoms with van der Waals surface area (Å²) in [5.74, 6) is -0.147. The third-order valence-electron chi connectivity index (χ3n) is 6.20. The van der Waals surface area contributed by atoms with Gasteiger partial charge in [0, 0.05) is 53.6 Å². The third kappa shape index (κ3) is 4.81. The first-order valence-corrected chi connectivity index (χ1v) is 11.7. The van der Waals surface area contributed by atoms with Crippen molar-refractivity contribution in [2.75, 3.05) is 32.1 Å². The minimum absolute atomic E-state index is 0.00154. The van der Waals surface area contributed by atoms with Gasteiger partial charge in [0.15, 0.2) is 5.78 Å². The van der Waals surface area contributed by atoms with Gasteiger partial charge in [0.05, 0.1) is 25.5 Å². The average molecular weight is 505 g/mol. The van der Waals surface area contributed by atoms with Gasteiger partial charge in [-0.3, -0.25) is 4.79 Å². The molecule has 37 heavy (non-hydrogen) atoms. The molecule has 190 valence electrons. The topological polar surface area (TPSA) is 116 Å². The maximum Gasteiger partial charge on any atom is 0.347 e. The van der Waals surface area contributed by atoms with Crippen molar-refractivity contribution in [2.24, 2.45) is 0 Å². The van der Waals surface area contributed by atoms with Crippen molar-refractivity contribution in [3.63, 3.8) is 0 Å². The molecule has 1 aliphatic heterocycles. The number of Topliss-reactive ketones (excluding diaryl/α,β-unsaturated/α-hetero) is 1. The van der Waals surface area contributed by atoms with Crippen LogP contribution < -0.4 is 21.0 Å². The number of aromatic nitrogens is 2. The van der Waals surface area contributed by atoms with Gasteiger partial charge in [-0.25, -0.2) is 19.2 Å². The second kappa shape index (κ2) is 10.1. The van der Waals surface area contributed by atoms with Crippen LogP contribution in [0.5, 0.6) is 5.75 Å². The van der Waals surface area contributed by atoms with E-state index in [2.05, 4.69) is 20.6 Å². The van der Waals surface area contributed by atoms with E-state index in [0.717, 1.165) is 5.56 Å². The lowest BCUT2D eigenvalue weighted by Crippen LogP contribution is -2.35. The average Bonchev–Trinajstić information content (AvgIpc) is 2.89. The Labute approximate surface area is 211 Å². The van der Waals surface area contributed by atoms with Crippen LogP contribution in [0, 0.1) is 12.7 Å². The zero-order chi connectivity index (χ0) is 26.1. The number of fused-ring (bicyclic) bond motifs is 1. The van der Waals surface area contributed by atoms with Crippen molar-refractivity contribution in [3.8, 4) is 17.0 Å². The molecule has 4 aromatic rings. The van der Waals surface area contributed by atoms with Crippen LogP contribution in [0.25, 0.3) is 22.2 Å². The van der Waals surface area contributed by atoms with Crippen LogP contribution >= 0.6 is 0 Å². The molecule has 0 amide bonds. The van der Waals surface area contributed by atoms with E-state index in [1.54, 1.807) is 30.5 Å². The molecule has 0 saturated carbocycles. The van der Waals surface area contributed by atoms with E-state index < -0.39 is 17.5 Å². The third-order valence-corrected chi connectivity index (χ3v) is 6.20. The summed E-state index contributed by atoms with van der Waals surface area (Å²) in [5, 5.41) is 6.98.